The van der Waals surface area contributed by atoms with Crippen molar-refractivity contribution in [3.8, 4) is 0 Å². The molecule has 0 saturated carbocycles. The lowest BCUT2D eigenvalue weighted by Gasteiger charge is -2.22. The highest BCUT2D eigenvalue weighted by atomic mass is 16.2. The van der Waals surface area contributed by atoms with Gasteiger partial charge in [-0.1, -0.05) is 51.4 Å². The Morgan fingerprint density at radius 3 is 0.955 bits per heavy atom. The molecule has 0 aromatic heterocycles. The fraction of sp³-hybridized carbons (Fsp3) is 0.867. The third-order valence-electron chi connectivity index (χ3n) is 5.73. The number of rotatable bonds is 17. The van der Waals surface area contributed by atoms with Crippen LogP contribution in [0, 0.1) is 0 Å². The van der Waals surface area contributed by atoms with Crippen molar-refractivity contribution in [3.05, 3.63) is 0 Å². The lowest BCUT2D eigenvalue weighted by molar-refractivity contribution is -0.122. The van der Waals surface area contributed by atoms with E-state index in [1.54, 1.807) is 27.7 Å². The van der Waals surface area contributed by atoms with Gasteiger partial charge in [-0.15, -0.1) is 0 Å². The van der Waals surface area contributed by atoms with Gasteiger partial charge in [0.15, 0.2) is 0 Å². The highest BCUT2D eigenvalue weighted by molar-refractivity contribution is 5.81. The minimum atomic E-state index is -0.893. The predicted octanol–water partition coefficient (Wildman–Crippen LogP) is 6.30. The van der Waals surface area contributed by atoms with Crippen LogP contribution in [0.15, 0.2) is 20.5 Å². The summed E-state index contributed by atoms with van der Waals surface area (Å²) in [6.45, 7) is 18.4. The second kappa shape index (κ2) is 19.9. The van der Waals surface area contributed by atoms with Gasteiger partial charge in [-0.05, 0) is 82.1 Å². The summed E-state index contributed by atoms with van der Waals surface area (Å²) >= 11 is 0. The summed E-state index contributed by atoms with van der Waals surface area (Å²) in [7, 11) is 0. The highest BCUT2D eigenvalue weighted by Crippen LogP contribution is 2.14. The maximum Gasteiger partial charge on any atom is 0.335 e. The van der Waals surface area contributed by atoms with Crippen LogP contribution >= 0.6 is 0 Å². The Bertz CT molecular complexity index is 874. The molecule has 6 N–H and O–H groups in total. The smallest absolute Gasteiger partial charge is 0.311 e. The van der Waals surface area contributed by atoms with Crippen LogP contribution in [0.2, 0.25) is 0 Å². The molecule has 0 aliphatic carbocycles. The van der Waals surface area contributed by atoms with E-state index in [0.717, 1.165) is 64.2 Å². The standard InChI is InChI=1S/C30H60N10O4/c1-27(2,3)37-39-29(7,8)31-25(43)35-33-23(41)21-19-17-15-13-11-12-14-16-18-20-22-24(42)34-36-26(44)32-30(9,10)40-38-28(4,5)6/h11-22H2,1-10H3,(H,33,41)(H,34,42)(H2,31,35,43)(H2,32,36,44)/b39-37+,40-38+. The average molecular weight is 625 g/mol. The number of hydrogen-bond acceptors (Lipinski definition) is 8. The summed E-state index contributed by atoms with van der Waals surface area (Å²) < 4.78 is 0. The van der Waals surface area contributed by atoms with E-state index in [-0.39, 0.29) is 22.9 Å². The third-order valence-corrected chi connectivity index (χ3v) is 5.73. The summed E-state index contributed by atoms with van der Waals surface area (Å²) in [4.78, 5) is 48.0. The van der Waals surface area contributed by atoms with E-state index >= 15 is 0 Å². The van der Waals surface area contributed by atoms with Gasteiger partial charge < -0.3 is 10.6 Å². The zero-order valence-electron chi connectivity index (χ0n) is 28.9. The summed E-state index contributed by atoms with van der Waals surface area (Å²) in [5, 5.41) is 21.9. The van der Waals surface area contributed by atoms with Gasteiger partial charge in [0.2, 0.25) is 11.8 Å². The molecule has 0 aliphatic heterocycles. The van der Waals surface area contributed by atoms with E-state index < -0.39 is 23.4 Å². The molecule has 0 saturated heterocycles. The minimum Gasteiger partial charge on any atom is -0.311 e. The van der Waals surface area contributed by atoms with Crippen molar-refractivity contribution in [1.29, 1.82) is 0 Å². The van der Waals surface area contributed by atoms with E-state index in [4.69, 9.17) is 0 Å². The second-order valence-corrected chi connectivity index (χ2v) is 14.1. The van der Waals surface area contributed by atoms with Gasteiger partial charge in [0.1, 0.15) is 11.3 Å². The molecule has 0 aromatic rings. The van der Waals surface area contributed by atoms with Gasteiger partial charge in [0.05, 0.1) is 11.1 Å². The van der Waals surface area contributed by atoms with Crippen molar-refractivity contribution in [2.75, 3.05) is 0 Å². The molecule has 0 unspecified atom stereocenters. The van der Waals surface area contributed by atoms with Crippen LogP contribution in [-0.4, -0.2) is 46.3 Å². The van der Waals surface area contributed by atoms with Crippen LogP contribution in [0.3, 0.4) is 0 Å². The predicted molar refractivity (Wildman–Crippen MR) is 172 cm³/mol. The fourth-order valence-electron chi connectivity index (χ4n) is 3.58. The maximum atomic E-state index is 12.0. The normalized spacial score (nSPS) is 12.7. The molecular weight excluding hydrogens is 564 g/mol. The van der Waals surface area contributed by atoms with E-state index in [2.05, 4.69) is 52.8 Å². The first-order chi connectivity index (χ1) is 20.2. The third kappa shape index (κ3) is 26.3. The lowest BCUT2D eigenvalue weighted by atomic mass is 10.0. The minimum absolute atomic E-state index is 0.232. The van der Waals surface area contributed by atoms with Crippen molar-refractivity contribution in [2.24, 2.45) is 20.5 Å². The molecule has 44 heavy (non-hydrogen) atoms. The summed E-state index contributed by atoms with van der Waals surface area (Å²) in [5.74, 6) is -0.463. The Labute approximate surface area is 264 Å². The molecule has 0 aliphatic rings. The number of carbonyl (C=O) groups is 4. The van der Waals surface area contributed by atoms with Crippen LogP contribution in [-0.2, 0) is 9.59 Å². The lowest BCUT2D eigenvalue weighted by Crippen LogP contribution is -2.52. The summed E-state index contributed by atoms with van der Waals surface area (Å²) in [6, 6.07) is -1.09. The van der Waals surface area contributed by atoms with Crippen molar-refractivity contribution >= 4 is 23.9 Å². The van der Waals surface area contributed by atoms with E-state index in [1.165, 1.54) is 0 Å². The second-order valence-electron chi connectivity index (χ2n) is 14.1. The first kappa shape index (κ1) is 40.7. The van der Waals surface area contributed by atoms with Crippen LogP contribution < -0.4 is 32.3 Å². The maximum absolute atomic E-state index is 12.0. The molecule has 0 aromatic carbocycles. The van der Waals surface area contributed by atoms with Crippen molar-refractivity contribution < 1.29 is 19.2 Å². The van der Waals surface area contributed by atoms with Gasteiger partial charge in [-0.25, -0.2) is 20.4 Å². The Balaban J connectivity index is 3.76. The summed E-state index contributed by atoms with van der Waals surface area (Å²) in [6.07, 6.45) is 10.8. The Hall–Kier alpha value is -3.32. The van der Waals surface area contributed by atoms with Crippen molar-refractivity contribution in [3.63, 3.8) is 0 Å². The highest BCUT2D eigenvalue weighted by Gasteiger charge is 2.22. The molecule has 14 nitrogen and oxygen atoms in total. The number of urea groups is 2. The number of hydrazine groups is 2. The van der Waals surface area contributed by atoms with Gasteiger partial charge in [0.25, 0.3) is 0 Å². The van der Waals surface area contributed by atoms with Gasteiger partial charge in [-0.2, -0.15) is 20.5 Å². The first-order valence-electron chi connectivity index (χ1n) is 15.8. The van der Waals surface area contributed by atoms with Gasteiger partial charge in [0, 0.05) is 12.8 Å². The average Bonchev–Trinajstić information content (AvgIpc) is 2.88. The SMILES string of the molecule is CC(C)(C)/N=N/C(C)(C)NC(=O)NNC(=O)CCCCCCCCCCCCC(=O)NNC(=O)NC(C)(C)/N=N/C(C)(C)C. The van der Waals surface area contributed by atoms with E-state index in [9.17, 15) is 19.2 Å². The van der Waals surface area contributed by atoms with Gasteiger partial charge in [-0.3, -0.25) is 20.4 Å². The fourth-order valence-corrected chi connectivity index (χ4v) is 3.58. The number of nitrogens with zero attached hydrogens (tertiary/aromatic N) is 4. The molecule has 0 bridgehead atoms. The molecule has 0 heterocycles. The van der Waals surface area contributed by atoms with Crippen LogP contribution in [0.4, 0.5) is 9.59 Å². The Morgan fingerprint density at radius 2 is 0.682 bits per heavy atom. The summed E-state index contributed by atoms with van der Waals surface area (Å²) in [5.41, 5.74) is 7.09. The van der Waals surface area contributed by atoms with Crippen molar-refractivity contribution in [2.45, 2.75) is 169 Å². The van der Waals surface area contributed by atoms with Gasteiger partial charge >= 0.3 is 12.1 Å². The molecule has 14 heteroatoms. The number of nitrogens with one attached hydrogen (secondary N) is 6. The monoisotopic (exact) mass is 624 g/mol. The van der Waals surface area contributed by atoms with Crippen LogP contribution in [0.1, 0.15) is 146 Å². The Morgan fingerprint density at radius 1 is 0.409 bits per heavy atom. The zero-order chi connectivity index (χ0) is 33.9. The topological polar surface area (TPSA) is 190 Å². The van der Waals surface area contributed by atoms with E-state index in [1.807, 2.05) is 41.5 Å². The molecule has 0 spiro atoms. The van der Waals surface area contributed by atoms with Crippen LogP contribution in [0.5, 0.6) is 0 Å². The Kier molecular flexibility index (Phi) is 18.4. The number of carbonyl (C=O) groups excluding carboxylic acids is 4. The number of hydrogen-bond donors (Lipinski definition) is 6. The molecule has 6 amide bonds. The van der Waals surface area contributed by atoms with Crippen LogP contribution in [0.25, 0.3) is 0 Å². The number of azo groups is 2. The molecule has 0 atom stereocenters. The number of amides is 6. The molecular formula is C30H60N10O4. The van der Waals surface area contributed by atoms with E-state index in [0.29, 0.717) is 12.8 Å². The molecule has 0 rings (SSSR count). The first-order valence-corrected chi connectivity index (χ1v) is 15.8. The largest absolute Gasteiger partial charge is 0.335 e. The van der Waals surface area contributed by atoms with Crippen molar-refractivity contribution in [1.82, 2.24) is 32.3 Å². The molecule has 0 fully saturated rings. The molecule has 254 valence electrons. The zero-order valence-corrected chi connectivity index (χ0v) is 28.9. The number of unbranched alkanes of at least 4 members (excludes halogenated alkanes) is 9. The molecule has 0 radical (unpaired) electrons. The quantitative estimate of drug-likeness (QED) is 0.0629.